The second-order valence-corrected chi connectivity index (χ2v) is 4.64. The molecule has 0 aliphatic carbocycles. The van der Waals surface area contributed by atoms with E-state index in [1.54, 1.807) is 18.0 Å². The minimum Gasteiger partial charge on any atom is -0.326 e. The van der Waals surface area contributed by atoms with Gasteiger partial charge < -0.3 is 5.73 Å². The van der Waals surface area contributed by atoms with Crippen LogP contribution in [0.2, 0.25) is 0 Å². The van der Waals surface area contributed by atoms with Crippen molar-refractivity contribution in [2.45, 2.75) is 23.3 Å². The van der Waals surface area contributed by atoms with Crippen LogP contribution in [0.3, 0.4) is 0 Å². The maximum Gasteiger partial charge on any atom is 0.0410 e. The van der Waals surface area contributed by atoms with E-state index in [0.29, 0.717) is 6.54 Å². The molecular weight excluding hydrogens is 216 g/mol. The molecule has 0 aliphatic rings. The molecule has 0 bridgehead atoms. The van der Waals surface area contributed by atoms with Crippen molar-refractivity contribution in [2.75, 3.05) is 0 Å². The zero-order chi connectivity index (χ0) is 11.4. The van der Waals surface area contributed by atoms with E-state index in [2.05, 4.69) is 24.0 Å². The van der Waals surface area contributed by atoms with Gasteiger partial charge in [0, 0.05) is 28.7 Å². The van der Waals surface area contributed by atoms with Gasteiger partial charge in [0.1, 0.15) is 0 Å². The lowest BCUT2D eigenvalue weighted by Gasteiger charge is -2.08. The highest BCUT2D eigenvalue weighted by molar-refractivity contribution is 7.99. The van der Waals surface area contributed by atoms with Crippen molar-refractivity contribution in [3.8, 4) is 0 Å². The van der Waals surface area contributed by atoms with Gasteiger partial charge in [-0.1, -0.05) is 30.0 Å². The summed E-state index contributed by atoms with van der Waals surface area (Å²) in [6, 6.07) is 10.3. The smallest absolute Gasteiger partial charge is 0.0410 e. The molecule has 1 aromatic heterocycles. The maximum atomic E-state index is 5.70. The third kappa shape index (κ3) is 2.43. The van der Waals surface area contributed by atoms with Gasteiger partial charge in [-0.25, -0.2) is 0 Å². The summed E-state index contributed by atoms with van der Waals surface area (Å²) >= 11 is 1.72. The Hall–Kier alpha value is -1.32. The Balaban J connectivity index is 2.30. The molecule has 0 aliphatic heterocycles. The highest BCUT2D eigenvalue weighted by Crippen LogP contribution is 2.31. The quantitative estimate of drug-likeness (QED) is 0.881. The average Bonchev–Trinajstić information content (AvgIpc) is 2.33. The molecule has 0 amide bonds. The van der Waals surface area contributed by atoms with Gasteiger partial charge in [-0.15, -0.1) is 0 Å². The molecule has 2 N–H and O–H groups in total. The minimum absolute atomic E-state index is 0.552. The molecule has 16 heavy (non-hydrogen) atoms. The summed E-state index contributed by atoms with van der Waals surface area (Å²) < 4.78 is 0. The van der Waals surface area contributed by atoms with E-state index in [1.807, 2.05) is 24.4 Å². The zero-order valence-corrected chi connectivity index (χ0v) is 10.00. The average molecular weight is 230 g/mol. The fourth-order valence-electron chi connectivity index (χ4n) is 1.46. The number of pyridine rings is 1. The fourth-order valence-corrected chi connectivity index (χ4v) is 2.47. The van der Waals surface area contributed by atoms with E-state index in [-0.39, 0.29) is 0 Å². The molecule has 0 fully saturated rings. The van der Waals surface area contributed by atoms with Crippen LogP contribution in [0.4, 0.5) is 0 Å². The van der Waals surface area contributed by atoms with E-state index in [1.165, 1.54) is 10.5 Å². The number of aryl methyl sites for hydroxylation is 1. The lowest BCUT2D eigenvalue weighted by Crippen LogP contribution is -1.98. The standard InChI is InChI=1S/C13H14N2S/c1-10-4-2-3-5-12(10)16-13-9-15-7-6-11(13)8-14/h2-7,9H,8,14H2,1H3. The Morgan fingerprint density at radius 1 is 1.19 bits per heavy atom. The molecule has 0 radical (unpaired) electrons. The lowest BCUT2D eigenvalue weighted by molar-refractivity contribution is 1.00. The first-order valence-corrected chi connectivity index (χ1v) is 5.99. The predicted molar refractivity (Wildman–Crippen MR) is 67.4 cm³/mol. The van der Waals surface area contributed by atoms with E-state index < -0.39 is 0 Å². The van der Waals surface area contributed by atoms with Crippen LogP contribution < -0.4 is 5.73 Å². The summed E-state index contributed by atoms with van der Waals surface area (Å²) in [4.78, 5) is 6.54. The van der Waals surface area contributed by atoms with Crippen molar-refractivity contribution >= 4 is 11.8 Å². The van der Waals surface area contributed by atoms with Gasteiger partial charge in [0.25, 0.3) is 0 Å². The van der Waals surface area contributed by atoms with E-state index in [0.717, 1.165) is 10.5 Å². The van der Waals surface area contributed by atoms with Gasteiger partial charge in [-0.2, -0.15) is 0 Å². The van der Waals surface area contributed by atoms with Crippen molar-refractivity contribution in [3.63, 3.8) is 0 Å². The van der Waals surface area contributed by atoms with Gasteiger partial charge in [-0.3, -0.25) is 4.98 Å². The first kappa shape index (κ1) is 11.2. The highest BCUT2D eigenvalue weighted by atomic mass is 32.2. The van der Waals surface area contributed by atoms with Crippen LogP contribution in [-0.2, 0) is 6.54 Å². The molecule has 0 saturated carbocycles. The van der Waals surface area contributed by atoms with Crippen LogP contribution in [-0.4, -0.2) is 4.98 Å². The number of nitrogens with two attached hydrogens (primary N) is 1. The van der Waals surface area contributed by atoms with Crippen LogP contribution >= 0.6 is 11.8 Å². The summed E-state index contributed by atoms with van der Waals surface area (Å²) in [5, 5.41) is 0. The van der Waals surface area contributed by atoms with Crippen LogP contribution in [0.1, 0.15) is 11.1 Å². The first-order valence-electron chi connectivity index (χ1n) is 5.17. The first-order chi connectivity index (χ1) is 7.81. The van der Waals surface area contributed by atoms with Crippen molar-refractivity contribution in [2.24, 2.45) is 5.73 Å². The van der Waals surface area contributed by atoms with Gasteiger partial charge in [0.05, 0.1) is 0 Å². The largest absolute Gasteiger partial charge is 0.326 e. The van der Waals surface area contributed by atoms with Crippen LogP contribution in [0, 0.1) is 6.92 Å². The fraction of sp³-hybridized carbons (Fsp3) is 0.154. The van der Waals surface area contributed by atoms with Gasteiger partial charge in [-0.05, 0) is 30.2 Å². The summed E-state index contributed by atoms with van der Waals surface area (Å²) in [6.45, 7) is 2.66. The number of hydrogen-bond acceptors (Lipinski definition) is 3. The Kier molecular flexibility index (Phi) is 3.59. The third-order valence-corrected chi connectivity index (χ3v) is 3.67. The normalized spacial score (nSPS) is 10.4. The molecule has 3 heteroatoms. The predicted octanol–water partition coefficient (Wildman–Crippen LogP) is 3.00. The highest BCUT2D eigenvalue weighted by Gasteiger charge is 2.04. The zero-order valence-electron chi connectivity index (χ0n) is 9.18. The molecule has 2 rings (SSSR count). The second-order valence-electron chi connectivity index (χ2n) is 3.56. The molecule has 2 nitrogen and oxygen atoms in total. The molecule has 82 valence electrons. The van der Waals surface area contributed by atoms with Crippen molar-refractivity contribution in [3.05, 3.63) is 53.9 Å². The Bertz CT molecular complexity index is 483. The van der Waals surface area contributed by atoms with Crippen molar-refractivity contribution in [1.29, 1.82) is 0 Å². The summed E-state index contributed by atoms with van der Waals surface area (Å²) in [7, 11) is 0. The number of nitrogens with zero attached hydrogens (tertiary/aromatic N) is 1. The van der Waals surface area contributed by atoms with Gasteiger partial charge in [0.2, 0.25) is 0 Å². The summed E-state index contributed by atoms with van der Waals surface area (Å²) in [5.74, 6) is 0. The maximum absolute atomic E-state index is 5.70. The van der Waals surface area contributed by atoms with Gasteiger partial charge >= 0.3 is 0 Å². The summed E-state index contributed by atoms with van der Waals surface area (Å²) in [6.07, 6.45) is 3.66. The molecule has 0 spiro atoms. The number of hydrogen-bond donors (Lipinski definition) is 1. The van der Waals surface area contributed by atoms with Gasteiger partial charge in [0.15, 0.2) is 0 Å². The molecule has 1 heterocycles. The van der Waals surface area contributed by atoms with Crippen LogP contribution in [0.15, 0.2) is 52.5 Å². The molecule has 0 atom stereocenters. The summed E-state index contributed by atoms with van der Waals surface area (Å²) in [5.41, 5.74) is 8.12. The second kappa shape index (κ2) is 5.14. The lowest BCUT2D eigenvalue weighted by atomic mass is 10.2. The Morgan fingerprint density at radius 3 is 2.75 bits per heavy atom. The van der Waals surface area contributed by atoms with Crippen molar-refractivity contribution in [1.82, 2.24) is 4.98 Å². The Morgan fingerprint density at radius 2 is 2.00 bits per heavy atom. The number of aromatic nitrogens is 1. The van der Waals surface area contributed by atoms with E-state index in [4.69, 9.17) is 5.73 Å². The molecule has 0 unspecified atom stereocenters. The van der Waals surface area contributed by atoms with E-state index >= 15 is 0 Å². The van der Waals surface area contributed by atoms with E-state index in [9.17, 15) is 0 Å². The Labute approximate surface area is 99.9 Å². The van der Waals surface area contributed by atoms with Crippen LogP contribution in [0.5, 0.6) is 0 Å². The molecule has 1 aromatic carbocycles. The van der Waals surface area contributed by atoms with Crippen molar-refractivity contribution < 1.29 is 0 Å². The number of benzene rings is 1. The third-order valence-electron chi connectivity index (χ3n) is 2.40. The minimum atomic E-state index is 0.552. The monoisotopic (exact) mass is 230 g/mol. The molecule has 0 saturated heterocycles. The number of rotatable bonds is 3. The topological polar surface area (TPSA) is 38.9 Å². The SMILES string of the molecule is Cc1ccccc1Sc1cnccc1CN. The molecule has 2 aromatic rings. The van der Waals surface area contributed by atoms with Crippen LogP contribution in [0.25, 0.3) is 0 Å². The molecular formula is C13H14N2S.